The zero-order chi connectivity index (χ0) is 18.5. The maximum Gasteiger partial charge on any atom is 0.328 e. The Balaban J connectivity index is 2.08. The SMILES string of the molecule is COC(=O)[C@H](CCC#N)NC(=O)c1c2ccccc2nc2ccccc12. The molecule has 0 saturated carbocycles. The minimum atomic E-state index is -0.877. The van der Waals surface area contributed by atoms with Gasteiger partial charge in [-0.15, -0.1) is 0 Å². The van der Waals surface area contributed by atoms with E-state index in [0.29, 0.717) is 27.4 Å². The number of amides is 1. The Labute approximate surface area is 150 Å². The van der Waals surface area contributed by atoms with Crippen LogP contribution >= 0.6 is 0 Å². The molecule has 1 N–H and O–H groups in total. The number of aromatic nitrogens is 1. The van der Waals surface area contributed by atoms with Crippen LogP contribution in [-0.4, -0.2) is 30.0 Å². The van der Waals surface area contributed by atoms with E-state index in [-0.39, 0.29) is 12.8 Å². The highest BCUT2D eigenvalue weighted by Gasteiger charge is 2.24. The molecule has 1 heterocycles. The van der Waals surface area contributed by atoms with Crippen molar-refractivity contribution in [2.45, 2.75) is 18.9 Å². The Hall–Kier alpha value is -3.46. The van der Waals surface area contributed by atoms with Gasteiger partial charge in [0, 0.05) is 17.2 Å². The summed E-state index contributed by atoms with van der Waals surface area (Å²) < 4.78 is 4.75. The van der Waals surface area contributed by atoms with Crippen LogP contribution < -0.4 is 5.32 Å². The first-order chi connectivity index (χ1) is 12.7. The highest BCUT2D eigenvalue weighted by molar-refractivity contribution is 6.16. The highest BCUT2D eigenvalue weighted by atomic mass is 16.5. The van der Waals surface area contributed by atoms with E-state index in [4.69, 9.17) is 10.00 Å². The van der Waals surface area contributed by atoms with Crippen LogP contribution in [0.5, 0.6) is 0 Å². The Morgan fingerprint density at radius 1 is 1.12 bits per heavy atom. The average molecular weight is 347 g/mol. The normalized spacial score (nSPS) is 11.7. The quantitative estimate of drug-likeness (QED) is 0.566. The molecule has 6 heteroatoms. The number of nitriles is 1. The Morgan fingerprint density at radius 2 is 1.69 bits per heavy atom. The second kappa shape index (κ2) is 7.62. The van der Waals surface area contributed by atoms with Crippen molar-refractivity contribution in [3.8, 4) is 6.07 Å². The monoisotopic (exact) mass is 347 g/mol. The van der Waals surface area contributed by atoms with Crippen molar-refractivity contribution in [1.82, 2.24) is 10.3 Å². The molecule has 3 rings (SSSR count). The van der Waals surface area contributed by atoms with E-state index < -0.39 is 17.9 Å². The van der Waals surface area contributed by atoms with Gasteiger partial charge in [-0.05, 0) is 18.6 Å². The number of para-hydroxylation sites is 2. The molecule has 130 valence electrons. The number of fused-ring (bicyclic) bond motifs is 2. The summed E-state index contributed by atoms with van der Waals surface area (Å²) in [5.41, 5.74) is 1.85. The van der Waals surface area contributed by atoms with Crippen LogP contribution in [0.15, 0.2) is 48.5 Å². The molecule has 3 aromatic rings. The molecular formula is C20H17N3O3. The third kappa shape index (κ3) is 3.33. The zero-order valence-electron chi connectivity index (χ0n) is 14.2. The molecular weight excluding hydrogens is 330 g/mol. The van der Waals surface area contributed by atoms with Gasteiger partial charge < -0.3 is 10.1 Å². The number of hydrogen-bond donors (Lipinski definition) is 1. The summed E-state index contributed by atoms with van der Waals surface area (Å²) in [4.78, 5) is 29.6. The average Bonchev–Trinajstić information content (AvgIpc) is 2.68. The van der Waals surface area contributed by atoms with Crippen molar-refractivity contribution in [1.29, 1.82) is 5.26 Å². The molecule has 0 radical (unpaired) electrons. The lowest BCUT2D eigenvalue weighted by Crippen LogP contribution is -2.41. The van der Waals surface area contributed by atoms with Crippen molar-refractivity contribution >= 4 is 33.7 Å². The first-order valence-corrected chi connectivity index (χ1v) is 8.19. The maximum atomic E-state index is 13.0. The summed E-state index contributed by atoms with van der Waals surface area (Å²) in [7, 11) is 1.26. The molecule has 0 spiro atoms. The van der Waals surface area contributed by atoms with Gasteiger partial charge in [0.15, 0.2) is 0 Å². The second-order valence-corrected chi connectivity index (χ2v) is 5.77. The van der Waals surface area contributed by atoms with Crippen molar-refractivity contribution in [2.24, 2.45) is 0 Å². The van der Waals surface area contributed by atoms with E-state index in [1.807, 2.05) is 54.6 Å². The van der Waals surface area contributed by atoms with Crippen LogP contribution in [0.25, 0.3) is 21.8 Å². The number of rotatable bonds is 5. The van der Waals surface area contributed by atoms with Crippen LogP contribution in [-0.2, 0) is 9.53 Å². The van der Waals surface area contributed by atoms with Crippen LogP contribution in [0.2, 0.25) is 0 Å². The van der Waals surface area contributed by atoms with E-state index >= 15 is 0 Å². The van der Waals surface area contributed by atoms with Crippen molar-refractivity contribution < 1.29 is 14.3 Å². The van der Waals surface area contributed by atoms with Crippen LogP contribution in [0.4, 0.5) is 0 Å². The fourth-order valence-electron chi connectivity index (χ4n) is 2.92. The lowest BCUT2D eigenvalue weighted by Gasteiger charge is -2.17. The summed E-state index contributed by atoms with van der Waals surface area (Å²) in [6, 6.07) is 15.8. The minimum absolute atomic E-state index is 0.137. The third-order valence-corrected chi connectivity index (χ3v) is 4.15. The van der Waals surface area contributed by atoms with Gasteiger partial charge in [-0.25, -0.2) is 9.78 Å². The number of methoxy groups -OCH3 is 1. The molecule has 1 aromatic heterocycles. The molecule has 26 heavy (non-hydrogen) atoms. The van der Waals surface area contributed by atoms with Crippen LogP contribution in [0.3, 0.4) is 0 Å². The van der Waals surface area contributed by atoms with Crippen molar-refractivity contribution in [3.05, 3.63) is 54.1 Å². The number of ether oxygens (including phenoxy) is 1. The van der Waals surface area contributed by atoms with E-state index in [1.54, 1.807) is 0 Å². The number of carbonyl (C=O) groups is 2. The van der Waals surface area contributed by atoms with Gasteiger partial charge in [-0.1, -0.05) is 36.4 Å². The Kier molecular flexibility index (Phi) is 5.09. The fraction of sp³-hybridized carbons (Fsp3) is 0.200. The van der Waals surface area contributed by atoms with E-state index in [2.05, 4.69) is 10.3 Å². The smallest absolute Gasteiger partial charge is 0.328 e. The lowest BCUT2D eigenvalue weighted by molar-refractivity contribution is -0.143. The second-order valence-electron chi connectivity index (χ2n) is 5.77. The first-order valence-electron chi connectivity index (χ1n) is 8.19. The lowest BCUT2D eigenvalue weighted by atomic mass is 10.0. The molecule has 1 atom stereocenters. The summed E-state index contributed by atoms with van der Waals surface area (Å²) >= 11 is 0. The molecule has 0 saturated heterocycles. The molecule has 0 bridgehead atoms. The largest absolute Gasteiger partial charge is 0.467 e. The van der Waals surface area contributed by atoms with Crippen LogP contribution in [0, 0.1) is 11.3 Å². The number of esters is 1. The number of carbonyl (C=O) groups excluding carboxylic acids is 2. The number of hydrogen-bond acceptors (Lipinski definition) is 5. The number of nitrogens with zero attached hydrogens (tertiary/aromatic N) is 2. The standard InChI is InChI=1S/C20H17N3O3/c1-26-20(25)17(11-6-12-21)23-19(24)18-13-7-2-4-9-15(13)22-16-10-5-3-8-14(16)18/h2-5,7-10,17H,6,11H2,1H3,(H,23,24)/t17-/m0/s1. The predicted molar refractivity (Wildman–Crippen MR) is 97.4 cm³/mol. The van der Waals surface area contributed by atoms with Gasteiger partial charge in [-0.2, -0.15) is 5.26 Å². The van der Waals surface area contributed by atoms with Gasteiger partial charge in [0.25, 0.3) is 5.91 Å². The summed E-state index contributed by atoms with van der Waals surface area (Å²) in [6.07, 6.45) is 0.327. The van der Waals surface area contributed by atoms with Crippen LogP contribution in [0.1, 0.15) is 23.2 Å². The molecule has 0 aliphatic heterocycles. The molecule has 0 aliphatic rings. The topological polar surface area (TPSA) is 92.1 Å². The number of benzene rings is 2. The van der Waals surface area contributed by atoms with Gasteiger partial charge in [-0.3, -0.25) is 4.79 Å². The fourth-order valence-corrected chi connectivity index (χ4v) is 2.92. The number of pyridine rings is 1. The van der Waals surface area contributed by atoms with Crippen molar-refractivity contribution in [2.75, 3.05) is 7.11 Å². The van der Waals surface area contributed by atoms with E-state index in [9.17, 15) is 9.59 Å². The number of nitrogens with one attached hydrogen (secondary N) is 1. The first kappa shape index (κ1) is 17.4. The molecule has 2 aromatic carbocycles. The maximum absolute atomic E-state index is 13.0. The highest BCUT2D eigenvalue weighted by Crippen LogP contribution is 2.26. The van der Waals surface area contributed by atoms with Gasteiger partial charge >= 0.3 is 5.97 Å². The van der Waals surface area contributed by atoms with E-state index in [1.165, 1.54) is 7.11 Å². The molecule has 6 nitrogen and oxygen atoms in total. The van der Waals surface area contributed by atoms with Gasteiger partial charge in [0.2, 0.25) is 0 Å². The Bertz CT molecular complexity index is 970. The van der Waals surface area contributed by atoms with Gasteiger partial charge in [0.1, 0.15) is 6.04 Å². The Morgan fingerprint density at radius 3 is 2.23 bits per heavy atom. The summed E-state index contributed by atoms with van der Waals surface area (Å²) in [5, 5.41) is 12.9. The molecule has 0 unspecified atom stereocenters. The summed E-state index contributed by atoms with van der Waals surface area (Å²) in [5.74, 6) is -0.968. The predicted octanol–water partition coefficient (Wildman–Crippen LogP) is 2.96. The molecule has 1 amide bonds. The van der Waals surface area contributed by atoms with Gasteiger partial charge in [0.05, 0.1) is 29.8 Å². The third-order valence-electron chi connectivity index (χ3n) is 4.15. The zero-order valence-corrected chi connectivity index (χ0v) is 14.2. The molecule has 0 aliphatic carbocycles. The summed E-state index contributed by atoms with van der Waals surface area (Å²) in [6.45, 7) is 0. The van der Waals surface area contributed by atoms with E-state index in [0.717, 1.165) is 0 Å². The minimum Gasteiger partial charge on any atom is -0.467 e. The van der Waals surface area contributed by atoms with Crippen molar-refractivity contribution in [3.63, 3.8) is 0 Å². The molecule has 0 fully saturated rings.